The molecular weight excluding hydrogens is 228 g/mol. The molecular formula is C14H20N2O2. The smallest absolute Gasteiger partial charge is 0.407 e. The highest BCUT2D eigenvalue weighted by molar-refractivity contribution is 5.68. The van der Waals surface area contributed by atoms with Crippen LogP contribution in [0.5, 0.6) is 0 Å². The number of amides is 1. The molecule has 0 saturated heterocycles. The van der Waals surface area contributed by atoms with Crippen LogP contribution in [0.2, 0.25) is 0 Å². The van der Waals surface area contributed by atoms with Gasteiger partial charge in [0.1, 0.15) is 6.10 Å². The van der Waals surface area contributed by atoms with Crippen molar-refractivity contribution in [2.75, 3.05) is 5.73 Å². The molecule has 1 aliphatic rings. The fraction of sp³-hybridized carbons (Fsp3) is 0.500. The summed E-state index contributed by atoms with van der Waals surface area (Å²) in [6, 6.07) is 7.73. The van der Waals surface area contributed by atoms with E-state index in [2.05, 4.69) is 5.32 Å². The van der Waals surface area contributed by atoms with Gasteiger partial charge >= 0.3 is 6.09 Å². The van der Waals surface area contributed by atoms with Crippen LogP contribution in [0.25, 0.3) is 0 Å². The zero-order chi connectivity index (χ0) is 13.3. The molecule has 1 aromatic carbocycles. The van der Waals surface area contributed by atoms with E-state index in [0.29, 0.717) is 5.92 Å². The van der Waals surface area contributed by atoms with Gasteiger partial charge in [0, 0.05) is 17.1 Å². The molecule has 0 heterocycles. The maximum absolute atomic E-state index is 11.6. The number of alkyl carbamates (subject to hydrolysis) is 1. The van der Waals surface area contributed by atoms with Crippen LogP contribution in [-0.4, -0.2) is 17.7 Å². The predicted molar refractivity (Wildman–Crippen MR) is 71.4 cm³/mol. The summed E-state index contributed by atoms with van der Waals surface area (Å²) < 4.78 is 5.35. The van der Waals surface area contributed by atoms with Crippen molar-refractivity contribution >= 4 is 11.8 Å². The van der Waals surface area contributed by atoms with E-state index in [1.54, 1.807) is 0 Å². The SMILES string of the molecule is CC(C)(C)NC(=O)O[C@@H]1C[C@H]1c1ccc(N)cc1. The van der Waals surface area contributed by atoms with E-state index in [4.69, 9.17) is 10.5 Å². The molecule has 1 fully saturated rings. The monoisotopic (exact) mass is 248 g/mol. The van der Waals surface area contributed by atoms with E-state index in [0.717, 1.165) is 12.1 Å². The predicted octanol–water partition coefficient (Wildman–Crippen LogP) is 2.65. The van der Waals surface area contributed by atoms with Crippen LogP contribution < -0.4 is 11.1 Å². The summed E-state index contributed by atoms with van der Waals surface area (Å²) in [5.41, 5.74) is 7.31. The molecule has 0 unspecified atom stereocenters. The highest BCUT2D eigenvalue weighted by Gasteiger charge is 2.42. The molecule has 0 aliphatic heterocycles. The third kappa shape index (κ3) is 3.39. The van der Waals surface area contributed by atoms with Crippen LogP contribution in [-0.2, 0) is 4.74 Å². The van der Waals surface area contributed by atoms with Gasteiger partial charge in [-0.15, -0.1) is 0 Å². The number of carbonyl (C=O) groups is 1. The van der Waals surface area contributed by atoms with Gasteiger partial charge in [-0.2, -0.15) is 0 Å². The standard InChI is InChI=1S/C14H20N2O2/c1-14(2,3)16-13(17)18-12-8-11(12)9-4-6-10(15)7-5-9/h4-7,11-12H,8,15H2,1-3H3,(H,16,17)/t11-,12+/m0/s1. The van der Waals surface area contributed by atoms with Gasteiger partial charge in [0.15, 0.2) is 0 Å². The Balaban J connectivity index is 1.85. The number of benzene rings is 1. The van der Waals surface area contributed by atoms with Gasteiger partial charge in [-0.25, -0.2) is 4.79 Å². The van der Waals surface area contributed by atoms with Crippen LogP contribution in [0.3, 0.4) is 0 Å². The Morgan fingerprint density at radius 3 is 2.50 bits per heavy atom. The van der Waals surface area contributed by atoms with E-state index < -0.39 is 0 Å². The molecule has 2 rings (SSSR count). The summed E-state index contributed by atoms with van der Waals surface area (Å²) in [6.07, 6.45) is 0.544. The average Bonchev–Trinajstić information content (AvgIpc) is 2.95. The number of nitrogen functional groups attached to an aromatic ring is 1. The Kier molecular flexibility index (Phi) is 3.20. The van der Waals surface area contributed by atoms with Crippen molar-refractivity contribution in [1.82, 2.24) is 5.32 Å². The molecule has 1 amide bonds. The number of ether oxygens (including phenoxy) is 1. The van der Waals surface area contributed by atoms with Gasteiger partial charge in [-0.3, -0.25) is 0 Å². The number of nitrogens with one attached hydrogen (secondary N) is 1. The third-order valence-corrected chi connectivity index (χ3v) is 2.83. The second-order valence-electron chi connectivity index (χ2n) is 5.83. The fourth-order valence-corrected chi connectivity index (χ4v) is 1.87. The van der Waals surface area contributed by atoms with Gasteiger partial charge in [0.05, 0.1) is 0 Å². The van der Waals surface area contributed by atoms with Crippen molar-refractivity contribution in [1.29, 1.82) is 0 Å². The minimum atomic E-state index is -0.342. The quantitative estimate of drug-likeness (QED) is 0.791. The number of carbonyl (C=O) groups excluding carboxylic acids is 1. The minimum absolute atomic E-state index is 0.00373. The lowest BCUT2D eigenvalue weighted by molar-refractivity contribution is 0.128. The second kappa shape index (κ2) is 4.52. The normalized spacial score (nSPS) is 22.4. The summed E-state index contributed by atoms with van der Waals surface area (Å²) in [4.78, 5) is 11.6. The zero-order valence-corrected chi connectivity index (χ0v) is 11.1. The first-order chi connectivity index (χ1) is 8.35. The van der Waals surface area contributed by atoms with E-state index in [9.17, 15) is 4.79 Å². The van der Waals surface area contributed by atoms with Crippen LogP contribution >= 0.6 is 0 Å². The maximum Gasteiger partial charge on any atom is 0.407 e. The van der Waals surface area contributed by atoms with Crippen molar-refractivity contribution in [3.63, 3.8) is 0 Å². The highest BCUT2D eigenvalue weighted by Crippen LogP contribution is 2.43. The molecule has 1 saturated carbocycles. The van der Waals surface area contributed by atoms with Crippen LogP contribution in [0, 0.1) is 0 Å². The first kappa shape index (κ1) is 12.7. The average molecular weight is 248 g/mol. The van der Waals surface area contributed by atoms with Gasteiger partial charge in [0.2, 0.25) is 0 Å². The summed E-state index contributed by atoms with van der Waals surface area (Å²) in [7, 11) is 0. The van der Waals surface area contributed by atoms with E-state index in [-0.39, 0.29) is 17.7 Å². The summed E-state index contributed by atoms with van der Waals surface area (Å²) in [5, 5.41) is 2.79. The lowest BCUT2D eigenvalue weighted by Gasteiger charge is -2.20. The largest absolute Gasteiger partial charge is 0.446 e. The van der Waals surface area contributed by atoms with Crippen molar-refractivity contribution in [2.45, 2.75) is 44.8 Å². The Morgan fingerprint density at radius 1 is 1.33 bits per heavy atom. The van der Waals surface area contributed by atoms with Gasteiger partial charge in [-0.1, -0.05) is 12.1 Å². The number of hydrogen-bond acceptors (Lipinski definition) is 3. The topological polar surface area (TPSA) is 64.3 Å². The Hall–Kier alpha value is -1.71. The zero-order valence-electron chi connectivity index (χ0n) is 11.1. The lowest BCUT2D eigenvalue weighted by Crippen LogP contribution is -2.41. The summed E-state index contributed by atoms with van der Waals surface area (Å²) >= 11 is 0. The highest BCUT2D eigenvalue weighted by atomic mass is 16.6. The molecule has 1 aromatic rings. The van der Waals surface area contributed by atoms with Gasteiger partial charge in [0.25, 0.3) is 0 Å². The molecule has 4 nitrogen and oxygen atoms in total. The molecule has 0 bridgehead atoms. The van der Waals surface area contributed by atoms with Gasteiger partial charge < -0.3 is 15.8 Å². The maximum atomic E-state index is 11.6. The molecule has 1 aliphatic carbocycles. The van der Waals surface area contributed by atoms with Crippen LogP contribution in [0.15, 0.2) is 24.3 Å². The molecule has 3 N–H and O–H groups in total. The summed E-state index contributed by atoms with van der Waals surface area (Å²) in [5.74, 6) is 0.316. The number of anilines is 1. The molecule has 18 heavy (non-hydrogen) atoms. The third-order valence-electron chi connectivity index (χ3n) is 2.83. The fourth-order valence-electron chi connectivity index (χ4n) is 1.87. The lowest BCUT2D eigenvalue weighted by atomic mass is 10.1. The van der Waals surface area contributed by atoms with Crippen LogP contribution in [0.4, 0.5) is 10.5 Å². The Morgan fingerprint density at radius 2 is 1.94 bits per heavy atom. The Bertz CT molecular complexity index is 434. The molecule has 2 atom stereocenters. The molecule has 98 valence electrons. The number of nitrogens with two attached hydrogens (primary N) is 1. The van der Waals surface area contributed by atoms with E-state index >= 15 is 0 Å². The first-order valence-corrected chi connectivity index (χ1v) is 6.19. The minimum Gasteiger partial charge on any atom is -0.446 e. The van der Waals surface area contributed by atoms with Gasteiger partial charge in [-0.05, 0) is 44.9 Å². The van der Waals surface area contributed by atoms with E-state index in [1.165, 1.54) is 5.56 Å². The first-order valence-electron chi connectivity index (χ1n) is 6.19. The number of rotatable bonds is 2. The summed E-state index contributed by atoms with van der Waals surface area (Å²) in [6.45, 7) is 5.79. The second-order valence-corrected chi connectivity index (χ2v) is 5.83. The van der Waals surface area contributed by atoms with Crippen molar-refractivity contribution < 1.29 is 9.53 Å². The van der Waals surface area contributed by atoms with E-state index in [1.807, 2.05) is 45.0 Å². The molecule has 4 heteroatoms. The number of hydrogen-bond donors (Lipinski definition) is 2. The molecule has 0 radical (unpaired) electrons. The van der Waals surface area contributed by atoms with Crippen molar-refractivity contribution in [2.24, 2.45) is 0 Å². The van der Waals surface area contributed by atoms with Crippen LogP contribution in [0.1, 0.15) is 38.7 Å². The van der Waals surface area contributed by atoms with Crippen molar-refractivity contribution in [3.05, 3.63) is 29.8 Å². The van der Waals surface area contributed by atoms with Crippen molar-refractivity contribution in [3.8, 4) is 0 Å². The Labute approximate surface area is 108 Å². The molecule has 0 spiro atoms. The molecule has 0 aromatic heterocycles.